The van der Waals surface area contributed by atoms with Gasteiger partial charge in [0.15, 0.2) is 12.6 Å². The minimum atomic E-state index is -1.82. The van der Waals surface area contributed by atoms with E-state index in [-0.39, 0.29) is 0 Å². The van der Waals surface area contributed by atoms with Crippen molar-refractivity contribution in [2.45, 2.75) is 87.3 Å². The van der Waals surface area contributed by atoms with E-state index in [2.05, 4.69) is 5.32 Å². The molecule has 12 unspecified atom stereocenters. The van der Waals surface area contributed by atoms with Crippen LogP contribution >= 0.6 is 0 Å². The largest absolute Gasteiger partial charge is 0.480 e. The van der Waals surface area contributed by atoms with E-state index in [9.17, 15) is 40.2 Å². The van der Waals surface area contributed by atoms with E-state index < -0.39 is 98.6 Å². The van der Waals surface area contributed by atoms with E-state index in [1.807, 2.05) is 0 Å². The number of carboxylic acids is 1. The number of rotatable bonds is 9. The Morgan fingerprint density at radius 1 is 0.970 bits per heavy atom. The van der Waals surface area contributed by atoms with Gasteiger partial charge in [-0.2, -0.15) is 0 Å². The van der Waals surface area contributed by atoms with Crippen LogP contribution in [0, 0.1) is 0 Å². The minimum Gasteiger partial charge on any atom is -0.480 e. The molecule has 15 heteroatoms. The van der Waals surface area contributed by atoms with E-state index in [1.54, 1.807) is 0 Å². The Morgan fingerprint density at radius 3 is 2.03 bits per heavy atom. The summed E-state index contributed by atoms with van der Waals surface area (Å²) in [5.74, 6) is -1.99. The number of nitrogens with one attached hydrogen (secondary N) is 1. The molecule has 2 aliphatic heterocycles. The molecule has 2 aliphatic rings. The summed E-state index contributed by atoms with van der Waals surface area (Å²) in [6, 6.07) is -2.80. The van der Waals surface area contributed by atoms with Crippen LogP contribution < -0.4 is 11.1 Å². The van der Waals surface area contributed by atoms with Gasteiger partial charge in [-0.15, -0.1) is 0 Å². The predicted molar refractivity (Wildman–Crippen MR) is 104 cm³/mol. The Balaban J connectivity index is 2.32. The fourth-order valence-corrected chi connectivity index (χ4v) is 3.57. The number of carbonyl (C=O) groups excluding carboxylic acids is 1. The lowest BCUT2D eigenvalue weighted by atomic mass is 9.95. The number of hydrogen-bond donors (Lipinski definition) is 9. The highest BCUT2D eigenvalue weighted by Crippen LogP contribution is 2.30. The fraction of sp³-hybridized carbons (Fsp3) is 0.889. The molecule has 2 rings (SSSR count). The van der Waals surface area contributed by atoms with Crippen molar-refractivity contribution in [2.75, 3.05) is 13.2 Å². The first-order chi connectivity index (χ1) is 15.4. The van der Waals surface area contributed by atoms with Gasteiger partial charge in [0.25, 0.3) is 0 Å². The van der Waals surface area contributed by atoms with Gasteiger partial charge in [0, 0.05) is 6.92 Å². The summed E-state index contributed by atoms with van der Waals surface area (Å²) in [4.78, 5) is 23.0. The molecule has 15 nitrogen and oxygen atoms in total. The number of carboxylic acid groups (broad SMARTS) is 1. The Labute approximate surface area is 188 Å². The molecule has 0 aromatic heterocycles. The third-order valence-corrected chi connectivity index (χ3v) is 5.50. The van der Waals surface area contributed by atoms with Crippen LogP contribution in [0.25, 0.3) is 0 Å². The summed E-state index contributed by atoms with van der Waals surface area (Å²) < 4.78 is 22.0. The molecular weight excluding hydrogens is 452 g/mol. The zero-order chi connectivity index (χ0) is 25.0. The lowest BCUT2D eigenvalue weighted by Gasteiger charge is -2.47. The topological polar surface area (TPSA) is 251 Å². The van der Waals surface area contributed by atoms with E-state index in [0.717, 1.165) is 6.92 Å². The average Bonchev–Trinajstić information content (AvgIpc) is 2.76. The van der Waals surface area contributed by atoms with Gasteiger partial charge in [-0.1, -0.05) is 0 Å². The van der Waals surface area contributed by atoms with Crippen LogP contribution in [0.15, 0.2) is 0 Å². The van der Waals surface area contributed by atoms with E-state index >= 15 is 0 Å². The number of ether oxygens (including phenoxy) is 4. The van der Waals surface area contributed by atoms with Crippen LogP contribution in [0.4, 0.5) is 0 Å². The van der Waals surface area contributed by atoms with E-state index in [1.165, 1.54) is 6.92 Å². The van der Waals surface area contributed by atoms with Gasteiger partial charge in [0.2, 0.25) is 5.91 Å². The van der Waals surface area contributed by atoms with Gasteiger partial charge in [0.1, 0.15) is 54.8 Å². The first-order valence-corrected chi connectivity index (χ1v) is 10.2. The molecular formula is C18H32N2O13. The van der Waals surface area contributed by atoms with Crippen molar-refractivity contribution in [1.29, 1.82) is 0 Å². The fourth-order valence-electron chi connectivity index (χ4n) is 3.57. The molecule has 0 spiro atoms. The maximum atomic E-state index is 11.8. The van der Waals surface area contributed by atoms with Crippen molar-refractivity contribution in [3.63, 3.8) is 0 Å². The molecule has 0 bridgehead atoms. The second-order valence-electron chi connectivity index (χ2n) is 7.95. The van der Waals surface area contributed by atoms with Gasteiger partial charge >= 0.3 is 5.97 Å². The van der Waals surface area contributed by atoms with Crippen LogP contribution in [0.5, 0.6) is 0 Å². The molecule has 1 amide bonds. The van der Waals surface area contributed by atoms with Crippen molar-refractivity contribution >= 4 is 11.9 Å². The number of aliphatic hydroxyl groups excluding tert-OH is 6. The van der Waals surface area contributed by atoms with Crippen LogP contribution in [0.2, 0.25) is 0 Å². The molecule has 0 saturated carbocycles. The highest BCUT2D eigenvalue weighted by molar-refractivity contribution is 5.74. The molecule has 0 aromatic rings. The van der Waals surface area contributed by atoms with Crippen LogP contribution in [-0.2, 0) is 28.5 Å². The Bertz CT molecular complexity index is 667. The van der Waals surface area contributed by atoms with Gasteiger partial charge in [-0.3, -0.25) is 9.59 Å². The molecule has 10 N–H and O–H groups in total. The smallest absolute Gasteiger partial charge is 0.323 e. The molecule has 0 aromatic carbocycles. The van der Waals surface area contributed by atoms with Gasteiger partial charge in [0.05, 0.1) is 19.3 Å². The highest BCUT2D eigenvalue weighted by Gasteiger charge is 2.52. The summed E-state index contributed by atoms with van der Waals surface area (Å²) in [5.41, 5.74) is 5.55. The summed E-state index contributed by atoms with van der Waals surface area (Å²) in [5, 5.41) is 71.4. The lowest BCUT2D eigenvalue weighted by Crippen LogP contribution is -2.68. The summed E-state index contributed by atoms with van der Waals surface area (Å²) in [6.45, 7) is 1.01. The van der Waals surface area contributed by atoms with E-state index in [4.69, 9.17) is 29.8 Å². The first-order valence-electron chi connectivity index (χ1n) is 10.2. The lowest BCUT2D eigenvalue weighted by molar-refractivity contribution is -0.347. The number of carbonyl (C=O) groups is 2. The zero-order valence-corrected chi connectivity index (χ0v) is 18.0. The number of amides is 1. The maximum Gasteiger partial charge on any atom is 0.323 e. The number of aliphatic carboxylic acids is 1. The van der Waals surface area contributed by atoms with Crippen LogP contribution in [0.3, 0.4) is 0 Å². The average molecular weight is 484 g/mol. The Kier molecular flexibility index (Phi) is 9.89. The molecule has 2 heterocycles. The molecule has 33 heavy (non-hydrogen) atoms. The van der Waals surface area contributed by atoms with Gasteiger partial charge in [-0.25, -0.2) is 0 Å². The maximum absolute atomic E-state index is 11.8. The molecule has 192 valence electrons. The quantitative estimate of drug-likeness (QED) is 0.148. The number of aliphatic hydroxyl groups is 6. The minimum absolute atomic E-state index is 0.621. The monoisotopic (exact) mass is 484 g/mol. The third kappa shape index (κ3) is 6.34. The highest BCUT2D eigenvalue weighted by atomic mass is 16.7. The van der Waals surface area contributed by atoms with Crippen LogP contribution in [-0.4, -0.2) is 134 Å². The van der Waals surface area contributed by atoms with Crippen molar-refractivity contribution < 1.29 is 64.3 Å². The Hall–Kier alpha value is -1.50. The normalized spacial score (nSPS) is 41.2. The number of nitrogens with two attached hydrogens (primary N) is 1. The van der Waals surface area contributed by atoms with Crippen molar-refractivity contribution in [3.8, 4) is 0 Å². The standard InChI is InChI=1S/C18H32N2O13/c1-5(9(19)16(28)29)30-17-10(20-6(2)23)15(12(25)8(4-22)31-17)33-18-14(27)13(26)11(24)7(3-21)32-18/h5,7-15,17-18,21-22,24-27H,3-4,19H2,1-2H3,(H,20,23)(H,28,29). The predicted octanol–water partition coefficient (Wildman–Crippen LogP) is -5.43. The summed E-state index contributed by atoms with van der Waals surface area (Å²) >= 11 is 0. The summed E-state index contributed by atoms with van der Waals surface area (Å²) in [7, 11) is 0. The van der Waals surface area contributed by atoms with Crippen molar-refractivity contribution in [2.24, 2.45) is 5.73 Å². The molecule has 2 fully saturated rings. The number of hydrogen-bond acceptors (Lipinski definition) is 13. The zero-order valence-electron chi connectivity index (χ0n) is 18.0. The molecule has 0 aliphatic carbocycles. The summed E-state index contributed by atoms with van der Waals surface area (Å²) in [6.07, 6.45) is -15.3. The molecule has 2 saturated heterocycles. The van der Waals surface area contributed by atoms with Gasteiger partial charge < -0.3 is 65.7 Å². The third-order valence-electron chi connectivity index (χ3n) is 5.50. The first kappa shape index (κ1) is 27.7. The van der Waals surface area contributed by atoms with Crippen molar-refractivity contribution in [1.82, 2.24) is 5.32 Å². The second kappa shape index (κ2) is 11.8. The SMILES string of the molecule is CC(=O)NC1C(OC(C)C(N)C(=O)O)OC(CO)C(O)C1OC1OC(CO)C(O)C(O)C1O. The van der Waals surface area contributed by atoms with Crippen molar-refractivity contribution in [3.05, 3.63) is 0 Å². The van der Waals surface area contributed by atoms with Crippen LogP contribution in [0.1, 0.15) is 13.8 Å². The van der Waals surface area contributed by atoms with Gasteiger partial charge in [-0.05, 0) is 6.92 Å². The second-order valence-corrected chi connectivity index (χ2v) is 7.95. The molecule has 12 atom stereocenters. The van der Waals surface area contributed by atoms with E-state index in [0.29, 0.717) is 0 Å². The Morgan fingerprint density at radius 2 is 1.52 bits per heavy atom. The molecule has 0 radical (unpaired) electrons.